The van der Waals surface area contributed by atoms with Crippen molar-refractivity contribution >= 4 is 34.1 Å². The summed E-state index contributed by atoms with van der Waals surface area (Å²) in [6.07, 6.45) is 0. The lowest BCUT2D eigenvalue weighted by atomic mass is 10.00. The molecule has 10 heteroatoms. The van der Waals surface area contributed by atoms with Gasteiger partial charge in [0.1, 0.15) is 19.2 Å². The summed E-state index contributed by atoms with van der Waals surface area (Å²) in [4.78, 5) is 26.1. The van der Waals surface area contributed by atoms with E-state index in [9.17, 15) is 22.8 Å². The lowest BCUT2D eigenvalue weighted by Crippen LogP contribution is -2.34. The molecule has 0 bridgehead atoms. The number of hydrogen-bond donors (Lipinski definition) is 2. The molecule has 0 radical (unpaired) electrons. The summed E-state index contributed by atoms with van der Waals surface area (Å²) in [5.74, 6) is -0.614. The van der Waals surface area contributed by atoms with Crippen molar-refractivity contribution in [1.29, 1.82) is 0 Å². The Labute approximate surface area is 174 Å². The van der Waals surface area contributed by atoms with Crippen LogP contribution < -0.4 is 10.9 Å². The molecule has 2 N–H and O–H groups in total. The highest BCUT2D eigenvalue weighted by Crippen LogP contribution is 2.28. The number of fused-ring (bicyclic) bond motifs is 1. The predicted octanol–water partition coefficient (Wildman–Crippen LogP) is 4.88. The van der Waals surface area contributed by atoms with Gasteiger partial charge in [0.25, 0.3) is 5.56 Å². The van der Waals surface area contributed by atoms with E-state index < -0.39 is 36.8 Å². The molecule has 0 saturated carbocycles. The second-order valence-electron chi connectivity index (χ2n) is 6.72. The lowest BCUT2D eigenvalue weighted by Gasteiger charge is -2.25. The smallest absolute Gasteiger partial charge is 0.319 e. The number of alkyl halides is 2. The van der Waals surface area contributed by atoms with Gasteiger partial charge in [-0.05, 0) is 48.4 Å². The average Bonchev–Trinajstić information content (AvgIpc) is 2.74. The van der Waals surface area contributed by atoms with Crippen LogP contribution in [0.3, 0.4) is 0 Å². The zero-order chi connectivity index (χ0) is 22.0. The molecule has 0 fully saturated rings. The number of aromatic nitrogens is 2. The highest BCUT2D eigenvalue weighted by molar-refractivity contribution is 6.31. The van der Waals surface area contributed by atoms with Gasteiger partial charge in [0.2, 0.25) is 0 Å². The van der Waals surface area contributed by atoms with Crippen molar-refractivity contribution in [2.45, 2.75) is 26.3 Å². The maximum Gasteiger partial charge on any atom is 0.322 e. The molecule has 0 aliphatic heterocycles. The van der Waals surface area contributed by atoms with Crippen LogP contribution >= 0.6 is 11.6 Å². The summed E-state index contributed by atoms with van der Waals surface area (Å²) in [7, 11) is 1.50. The first-order chi connectivity index (χ1) is 14.3. The van der Waals surface area contributed by atoms with Gasteiger partial charge < -0.3 is 10.2 Å². The van der Waals surface area contributed by atoms with E-state index in [0.717, 1.165) is 6.07 Å². The van der Waals surface area contributed by atoms with Crippen molar-refractivity contribution in [3.63, 3.8) is 0 Å². The monoisotopic (exact) mass is 438 g/mol. The topological polar surface area (TPSA) is 78.1 Å². The largest absolute Gasteiger partial charge is 0.322 e. The molecule has 0 unspecified atom stereocenters. The number of anilines is 1. The number of benzene rings is 2. The Morgan fingerprint density at radius 3 is 2.43 bits per heavy atom. The molecule has 2 amide bonds. The molecule has 1 aromatic heterocycles. The first-order valence-corrected chi connectivity index (χ1v) is 9.29. The Balaban J connectivity index is 1.95. The number of nitrogens with zero attached hydrogens (tertiary/aromatic N) is 2. The van der Waals surface area contributed by atoms with Gasteiger partial charge in [-0.1, -0.05) is 11.6 Å². The van der Waals surface area contributed by atoms with E-state index in [0.29, 0.717) is 11.1 Å². The number of halogens is 4. The Bertz CT molecular complexity index is 1170. The molecule has 0 aliphatic rings. The van der Waals surface area contributed by atoms with E-state index in [1.807, 2.05) is 0 Å². The van der Waals surface area contributed by atoms with Crippen LogP contribution in [0.25, 0.3) is 10.8 Å². The van der Waals surface area contributed by atoms with Gasteiger partial charge in [0.15, 0.2) is 0 Å². The maximum atomic E-state index is 13.3. The third-order valence-corrected chi connectivity index (χ3v) is 5.18. The second kappa shape index (κ2) is 8.74. The summed E-state index contributed by atoms with van der Waals surface area (Å²) < 4.78 is 39.8. The quantitative estimate of drug-likeness (QED) is 0.596. The molecule has 3 rings (SSSR count). The Hall–Kier alpha value is -3.07. The molecule has 3 aromatic rings. The number of carbonyl (C=O) groups excluding carboxylic acids is 1. The number of hydrogen-bond acceptors (Lipinski definition) is 3. The van der Waals surface area contributed by atoms with Crippen molar-refractivity contribution in [2.24, 2.45) is 0 Å². The summed E-state index contributed by atoms with van der Waals surface area (Å²) in [6, 6.07) is 5.23. The van der Waals surface area contributed by atoms with Gasteiger partial charge in [0, 0.05) is 18.1 Å². The molecule has 30 heavy (non-hydrogen) atoms. The van der Waals surface area contributed by atoms with Crippen LogP contribution in [0.2, 0.25) is 5.02 Å². The fraction of sp³-hybridized carbons (Fsp3) is 0.250. The standard InChI is InChI=1S/C20H18ClF3N4O2/c1-10(28(2)20(30)25-13-3-4-17(24)16(21)7-13)18-14-5-11(8-22)12(9-23)6-15(14)19(29)27-26-18/h3-7,10H,8-9H2,1-2H3,(H,25,30)(H,27,29)/t10-/m1/s1. The minimum absolute atomic E-state index is 0.0830. The first-order valence-electron chi connectivity index (χ1n) is 8.91. The van der Waals surface area contributed by atoms with Gasteiger partial charge in [-0.25, -0.2) is 23.1 Å². The molecular formula is C20H18ClF3N4O2. The molecular weight excluding hydrogens is 421 g/mol. The van der Waals surface area contributed by atoms with Crippen LogP contribution in [0.1, 0.15) is 29.8 Å². The van der Waals surface area contributed by atoms with E-state index in [1.165, 1.54) is 36.2 Å². The summed E-state index contributed by atoms with van der Waals surface area (Å²) in [5.41, 5.74) is 0.240. The zero-order valence-electron chi connectivity index (χ0n) is 16.1. The Morgan fingerprint density at radius 1 is 1.20 bits per heavy atom. The minimum atomic E-state index is -0.912. The van der Waals surface area contributed by atoms with Gasteiger partial charge in [-0.15, -0.1) is 0 Å². The number of aromatic amines is 1. The zero-order valence-corrected chi connectivity index (χ0v) is 16.9. The van der Waals surface area contributed by atoms with Gasteiger partial charge in [-0.3, -0.25) is 4.79 Å². The Kier molecular flexibility index (Phi) is 6.31. The van der Waals surface area contributed by atoms with E-state index in [2.05, 4.69) is 15.5 Å². The second-order valence-corrected chi connectivity index (χ2v) is 7.12. The molecule has 0 saturated heterocycles. The van der Waals surface area contributed by atoms with Gasteiger partial charge in [-0.2, -0.15) is 5.10 Å². The third-order valence-electron chi connectivity index (χ3n) is 4.89. The molecule has 1 heterocycles. The van der Waals surface area contributed by atoms with Crippen LogP contribution in [0.4, 0.5) is 23.7 Å². The minimum Gasteiger partial charge on any atom is -0.319 e. The number of nitrogens with one attached hydrogen (secondary N) is 2. The highest BCUT2D eigenvalue weighted by atomic mass is 35.5. The number of urea groups is 1. The van der Waals surface area contributed by atoms with Crippen molar-refractivity contribution in [3.8, 4) is 0 Å². The van der Waals surface area contributed by atoms with Crippen molar-refractivity contribution in [1.82, 2.24) is 15.1 Å². The molecule has 0 spiro atoms. The van der Waals surface area contributed by atoms with Crippen molar-refractivity contribution < 1.29 is 18.0 Å². The van der Waals surface area contributed by atoms with Crippen LogP contribution in [-0.4, -0.2) is 28.2 Å². The number of carbonyl (C=O) groups is 1. The van der Waals surface area contributed by atoms with Crippen LogP contribution in [-0.2, 0) is 13.3 Å². The number of H-pyrrole nitrogens is 1. The number of rotatable bonds is 5. The summed E-state index contributed by atoms with van der Waals surface area (Å²) >= 11 is 5.73. The fourth-order valence-electron chi connectivity index (χ4n) is 3.03. The number of amides is 2. The predicted molar refractivity (Wildman–Crippen MR) is 109 cm³/mol. The molecule has 6 nitrogen and oxygen atoms in total. The fourth-order valence-corrected chi connectivity index (χ4v) is 3.21. The normalized spacial score (nSPS) is 12.1. The molecule has 158 valence electrons. The highest BCUT2D eigenvalue weighted by Gasteiger charge is 2.23. The van der Waals surface area contributed by atoms with E-state index in [4.69, 9.17) is 11.6 Å². The SMILES string of the molecule is C[C@H](c1n[nH]c(=O)c2cc(CF)c(CF)cc12)N(C)C(=O)Nc1ccc(F)c(Cl)c1. The first kappa shape index (κ1) is 21.6. The third kappa shape index (κ3) is 4.11. The van der Waals surface area contributed by atoms with E-state index in [1.54, 1.807) is 6.92 Å². The lowest BCUT2D eigenvalue weighted by molar-refractivity contribution is 0.207. The summed E-state index contributed by atoms with van der Waals surface area (Å²) in [6.45, 7) is -0.155. The van der Waals surface area contributed by atoms with E-state index >= 15 is 0 Å². The van der Waals surface area contributed by atoms with Crippen LogP contribution in [0.5, 0.6) is 0 Å². The van der Waals surface area contributed by atoms with Crippen LogP contribution in [0, 0.1) is 5.82 Å². The summed E-state index contributed by atoms with van der Waals surface area (Å²) in [5, 5.41) is 9.27. The molecule has 0 aliphatic carbocycles. The van der Waals surface area contributed by atoms with E-state index in [-0.39, 0.29) is 27.2 Å². The molecule has 2 aromatic carbocycles. The Morgan fingerprint density at radius 2 is 1.83 bits per heavy atom. The maximum absolute atomic E-state index is 13.3. The van der Waals surface area contributed by atoms with Gasteiger partial charge in [0.05, 0.1) is 22.1 Å². The van der Waals surface area contributed by atoms with Crippen molar-refractivity contribution in [2.75, 3.05) is 12.4 Å². The van der Waals surface area contributed by atoms with Crippen LogP contribution in [0.15, 0.2) is 35.1 Å². The van der Waals surface area contributed by atoms with Crippen molar-refractivity contribution in [3.05, 3.63) is 68.3 Å². The average molecular weight is 439 g/mol. The van der Waals surface area contributed by atoms with Gasteiger partial charge >= 0.3 is 6.03 Å². The molecule has 1 atom stereocenters.